The first-order valence-corrected chi connectivity index (χ1v) is 10.5. The van der Waals surface area contributed by atoms with Gasteiger partial charge in [0.05, 0.1) is 0 Å². The highest BCUT2D eigenvalue weighted by Crippen LogP contribution is 2.37. The number of aryl methyl sites for hydroxylation is 3. The Bertz CT molecular complexity index is 793. The molecule has 1 aromatic heterocycles. The topological polar surface area (TPSA) is 47.8 Å². The molecule has 0 amide bonds. The Morgan fingerprint density at radius 2 is 1.81 bits per heavy atom. The Balaban J connectivity index is 1.55. The van der Waals surface area contributed by atoms with Gasteiger partial charge in [0, 0.05) is 36.7 Å². The van der Waals surface area contributed by atoms with Crippen LogP contribution in [0.3, 0.4) is 0 Å². The van der Waals surface area contributed by atoms with E-state index in [0.29, 0.717) is 31.2 Å². The smallest absolute Gasteiger partial charge is 0.133 e. The van der Waals surface area contributed by atoms with E-state index in [1.165, 1.54) is 12.8 Å². The molecule has 0 saturated heterocycles. The maximum atomic E-state index is 12.4. The van der Waals surface area contributed by atoms with Crippen molar-refractivity contribution >= 4 is 17.4 Å². The first-order valence-electron chi connectivity index (χ1n) is 10.1. The van der Waals surface area contributed by atoms with Crippen LogP contribution in [0.25, 0.3) is 0 Å². The molecule has 0 unspecified atom stereocenters. The van der Waals surface area contributed by atoms with Crippen molar-refractivity contribution in [3.05, 3.63) is 46.0 Å². The van der Waals surface area contributed by atoms with Crippen molar-refractivity contribution in [2.45, 2.75) is 78.2 Å². The molecule has 5 heteroatoms. The second kappa shape index (κ2) is 9.01. The van der Waals surface area contributed by atoms with E-state index in [9.17, 15) is 4.79 Å². The van der Waals surface area contributed by atoms with E-state index in [1.54, 1.807) is 0 Å². The number of aromatic nitrogens is 3. The fraction of sp³-hybridized carbons (Fsp3) is 0.591. The largest absolute Gasteiger partial charge is 0.312 e. The molecular weight excluding hydrogens is 358 g/mol. The summed E-state index contributed by atoms with van der Waals surface area (Å²) in [6.45, 7) is 6.48. The number of ketones is 1. The van der Waals surface area contributed by atoms with Gasteiger partial charge in [-0.2, -0.15) is 0 Å². The molecule has 0 atom stereocenters. The van der Waals surface area contributed by atoms with Crippen molar-refractivity contribution < 1.29 is 4.79 Å². The first kappa shape index (κ1) is 20.1. The number of hydrogen-bond acceptors (Lipinski definition) is 3. The zero-order valence-electron chi connectivity index (χ0n) is 16.7. The maximum absolute atomic E-state index is 12.4. The summed E-state index contributed by atoms with van der Waals surface area (Å²) in [4.78, 5) is 12.4. The molecule has 1 fully saturated rings. The summed E-state index contributed by atoms with van der Waals surface area (Å²) in [7, 11) is 0. The molecule has 1 aliphatic carbocycles. The van der Waals surface area contributed by atoms with Gasteiger partial charge in [0.2, 0.25) is 0 Å². The Morgan fingerprint density at radius 1 is 1.15 bits per heavy atom. The zero-order valence-corrected chi connectivity index (χ0v) is 17.4. The molecule has 2 aromatic rings. The maximum Gasteiger partial charge on any atom is 0.133 e. The highest BCUT2D eigenvalue weighted by atomic mass is 35.5. The van der Waals surface area contributed by atoms with Crippen LogP contribution in [0.15, 0.2) is 18.2 Å². The van der Waals surface area contributed by atoms with Crippen molar-refractivity contribution in [1.82, 2.24) is 14.8 Å². The number of carbonyl (C=O) groups is 1. The summed E-state index contributed by atoms with van der Waals surface area (Å²) in [6.07, 6.45) is 7.06. The second-order valence-corrected chi connectivity index (χ2v) is 8.54. The molecule has 1 aromatic carbocycles. The number of carbonyl (C=O) groups excluding carboxylic acids is 1. The van der Waals surface area contributed by atoms with E-state index in [2.05, 4.69) is 34.7 Å². The van der Waals surface area contributed by atoms with E-state index in [4.69, 9.17) is 11.6 Å². The molecule has 0 N–H and O–H groups in total. The molecule has 0 bridgehead atoms. The van der Waals surface area contributed by atoms with Crippen LogP contribution < -0.4 is 0 Å². The quantitative estimate of drug-likeness (QED) is 0.555. The van der Waals surface area contributed by atoms with E-state index < -0.39 is 0 Å². The molecular formula is C22H30ClN3O. The van der Waals surface area contributed by atoms with Crippen LogP contribution in [0.1, 0.15) is 74.8 Å². The van der Waals surface area contributed by atoms with Crippen molar-refractivity contribution in [1.29, 1.82) is 0 Å². The lowest BCUT2D eigenvalue weighted by Crippen LogP contribution is -2.10. The van der Waals surface area contributed by atoms with E-state index in [0.717, 1.165) is 47.1 Å². The minimum atomic E-state index is 0.281. The Hall–Kier alpha value is -1.68. The molecule has 0 spiro atoms. The van der Waals surface area contributed by atoms with Gasteiger partial charge in [0.1, 0.15) is 17.4 Å². The van der Waals surface area contributed by atoms with Crippen LogP contribution in [0.2, 0.25) is 5.02 Å². The molecule has 4 nitrogen and oxygen atoms in total. The van der Waals surface area contributed by atoms with Gasteiger partial charge >= 0.3 is 0 Å². The van der Waals surface area contributed by atoms with Crippen LogP contribution in [0.4, 0.5) is 0 Å². The minimum absolute atomic E-state index is 0.281. The van der Waals surface area contributed by atoms with E-state index in [-0.39, 0.29) is 5.78 Å². The molecule has 146 valence electrons. The van der Waals surface area contributed by atoms with Crippen molar-refractivity contribution in [3.8, 4) is 0 Å². The summed E-state index contributed by atoms with van der Waals surface area (Å²) in [6, 6.07) is 6.45. The van der Waals surface area contributed by atoms with Gasteiger partial charge in [0.25, 0.3) is 0 Å². The van der Waals surface area contributed by atoms with Crippen LogP contribution in [-0.4, -0.2) is 20.5 Å². The molecule has 1 heterocycles. The monoisotopic (exact) mass is 387 g/mol. The normalized spacial score (nSPS) is 14.1. The number of nitrogens with zero attached hydrogens (tertiary/aromatic N) is 3. The number of benzene rings is 1. The van der Waals surface area contributed by atoms with Crippen molar-refractivity contribution in [2.24, 2.45) is 5.92 Å². The van der Waals surface area contributed by atoms with Gasteiger partial charge in [0.15, 0.2) is 0 Å². The Labute approximate surface area is 167 Å². The van der Waals surface area contributed by atoms with Gasteiger partial charge in [-0.05, 0) is 55.7 Å². The molecule has 0 aliphatic heterocycles. The van der Waals surface area contributed by atoms with Gasteiger partial charge < -0.3 is 4.57 Å². The third kappa shape index (κ3) is 5.41. The highest BCUT2D eigenvalue weighted by molar-refractivity contribution is 6.31. The molecule has 1 saturated carbocycles. The third-order valence-corrected chi connectivity index (χ3v) is 5.78. The van der Waals surface area contributed by atoms with Gasteiger partial charge in [-0.25, -0.2) is 0 Å². The third-order valence-electron chi connectivity index (χ3n) is 5.37. The number of Topliss-reactive ketones (excluding diaryl/α,β-unsaturated/α-hetero) is 1. The molecule has 27 heavy (non-hydrogen) atoms. The van der Waals surface area contributed by atoms with Crippen molar-refractivity contribution in [3.63, 3.8) is 0 Å². The Morgan fingerprint density at radius 3 is 2.48 bits per heavy atom. The lowest BCUT2D eigenvalue weighted by atomic mass is 10.0. The SMILES string of the molecule is Cc1c(Cl)cccc1CCC(=O)CCc1nnc(CCC(C)C)n1C1CC1. The second-order valence-electron chi connectivity index (χ2n) is 8.13. The minimum Gasteiger partial charge on any atom is -0.312 e. The fourth-order valence-corrected chi connectivity index (χ4v) is 3.64. The molecule has 0 radical (unpaired) electrons. The van der Waals surface area contributed by atoms with Crippen molar-refractivity contribution in [2.75, 3.05) is 0 Å². The number of rotatable bonds is 10. The number of hydrogen-bond donors (Lipinski definition) is 0. The predicted molar refractivity (Wildman–Crippen MR) is 109 cm³/mol. The zero-order chi connectivity index (χ0) is 19.4. The average molecular weight is 388 g/mol. The van der Waals surface area contributed by atoms with Crippen LogP contribution >= 0.6 is 11.6 Å². The summed E-state index contributed by atoms with van der Waals surface area (Å²) in [5.74, 6) is 3.03. The highest BCUT2D eigenvalue weighted by Gasteiger charge is 2.29. The molecule has 1 aliphatic rings. The van der Waals surface area contributed by atoms with E-state index in [1.807, 2.05) is 19.1 Å². The Kier molecular flexibility index (Phi) is 6.69. The predicted octanol–water partition coefficient (Wildman–Crippen LogP) is 5.30. The lowest BCUT2D eigenvalue weighted by Gasteiger charge is -2.10. The van der Waals surface area contributed by atoms with Crippen LogP contribution in [0, 0.1) is 12.8 Å². The first-order chi connectivity index (χ1) is 13.0. The lowest BCUT2D eigenvalue weighted by molar-refractivity contribution is -0.119. The summed E-state index contributed by atoms with van der Waals surface area (Å²) >= 11 is 6.17. The van der Waals surface area contributed by atoms with Gasteiger partial charge in [-0.1, -0.05) is 37.6 Å². The average Bonchev–Trinajstić information content (AvgIpc) is 3.39. The summed E-state index contributed by atoms with van der Waals surface area (Å²) in [5.41, 5.74) is 2.24. The van der Waals surface area contributed by atoms with E-state index >= 15 is 0 Å². The summed E-state index contributed by atoms with van der Waals surface area (Å²) < 4.78 is 2.32. The standard InChI is InChI=1S/C22H30ClN3O/c1-15(2)7-13-21-24-25-22(26(21)18-9-10-18)14-12-19(27)11-8-17-5-4-6-20(23)16(17)3/h4-6,15,18H,7-14H2,1-3H3. The summed E-state index contributed by atoms with van der Waals surface area (Å²) in [5, 5.41) is 9.61. The fourth-order valence-electron chi connectivity index (χ4n) is 3.45. The number of halogens is 1. The van der Waals surface area contributed by atoms with Gasteiger partial charge in [-0.3, -0.25) is 4.79 Å². The molecule has 3 rings (SSSR count). The van der Waals surface area contributed by atoms with Crippen LogP contribution in [0.5, 0.6) is 0 Å². The van der Waals surface area contributed by atoms with Crippen LogP contribution in [-0.2, 0) is 24.1 Å². The van der Waals surface area contributed by atoms with Gasteiger partial charge in [-0.15, -0.1) is 10.2 Å².